The van der Waals surface area contributed by atoms with Gasteiger partial charge in [0.1, 0.15) is 23.1 Å². The van der Waals surface area contributed by atoms with E-state index < -0.39 is 0 Å². The number of aromatic nitrogens is 1. The molecule has 0 aliphatic carbocycles. The topological polar surface area (TPSA) is 63.7 Å². The Balaban J connectivity index is 3.54. The van der Waals surface area contributed by atoms with Gasteiger partial charge in [0, 0.05) is 13.1 Å². The molecule has 5 heteroatoms. The third kappa shape index (κ3) is 2.33. The van der Waals surface area contributed by atoms with Crippen molar-refractivity contribution in [3.63, 3.8) is 0 Å². The lowest BCUT2D eigenvalue weighted by Gasteiger charge is -2.22. The van der Waals surface area contributed by atoms with E-state index in [9.17, 15) is 5.26 Å². The van der Waals surface area contributed by atoms with E-state index in [4.69, 9.17) is 16.9 Å². The van der Waals surface area contributed by atoms with Gasteiger partial charge in [0.2, 0.25) is 0 Å². The van der Waals surface area contributed by atoms with Gasteiger partial charge in [-0.05, 0) is 26.3 Å². The number of hydrogen-bond acceptors (Lipinski definition) is 4. The summed E-state index contributed by atoms with van der Waals surface area (Å²) in [7, 11) is 0. The summed E-state index contributed by atoms with van der Waals surface area (Å²) in [4.78, 5) is 6.11. The quantitative estimate of drug-likeness (QED) is 0.772. The van der Waals surface area contributed by atoms with Crippen molar-refractivity contribution in [2.45, 2.75) is 20.8 Å². The summed E-state index contributed by atoms with van der Waals surface area (Å²) < 4.78 is 0. The van der Waals surface area contributed by atoms with Gasteiger partial charge in [0.05, 0.1) is 11.1 Å². The van der Waals surface area contributed by atoms with Gasteiger partial charge in [-0.15, -0.1) is 0 Å². The molecule has 0 saturated heterocycles. The molecular weight excluding hydrogens is 236 g/mol. The third-order valence-electron chi connectivity index (χ3n) is 2.67. The molecule has 0 amide bonds. The first-order chi connectivity index (χ1) is 8.10. The summed E-state index contributed by atoms with van der Waals surface area (Å²) in [6.07, 6.45) is 0. The minimum atomic E-state index is 0.158. The summed E-state index contributed by atoms with van der Waals surface area (Å²) in [5.74, 6) is 0.555. The smallest absolute Gasteiger partial charge is 0.149 e. The molecule has 1 heterocycles. The Bertz CT molecular complexity index is 507. The average Bonchev–Trinajstić information content (AvgIpc) is 2.31. The fraction of sp³-hybridized carbons (Fsp3) is 0.417. The number of halogens is 1. The van der Waals surface area contributed by atoms with Gasteiger partial charge in [0.25, 0.3) is 0 Å². The van der Waals surface area contributed by atoms with E-state index in [0.717, 1.165) is 13.1 Å². The summed E-state index contributed by atoms with van der Waals surface area (Å²) in [5.41, 5.74) is 1.30. The molecule has 0 N–H and O–H groups in total. The zero-order valence-corrected chi connectivity index (χ0v) is 10.8. The van der Waals surface area contributed by atoms with Gasteiger partial charge in [0.15, 0.2) is 0 Å². The first-order valence-electron chi connectivity index (χ1n) is 5.35. The van der Waals surface area contributed by atoms with Crippen LogP contribution in [0.15, 0.2) is 0 Å². The number of hydrogen-bond donors (Lipinski definition) is 0. The van der Waals surface area contributed by atoms with Crippen LogP contribution in [0.2, 0.25) is 5.15 Å². The van der Waals surface area contributed by atoms with Gasteiger partial charge in [-0.25, -0.2) is 4.98 Å². The van der Waals surface area contributed by atoms with Gasteiger partial charge in [-0.3, -0.25) is 0 Å². The van der Waals surface area contributed by atoms with E-state index in [-0.39, 0.29) is 10.7 Å². The summed E-state index contributed by atoms with van der Waals surface area (Å²) >= 11 is 5.95. The molecule has 0 atom stereocenters. The SMILES string of the molecule is CCN(CC)c1nc(Cl)c(C#N)c(C)c1C#N. The molecule has 0 fully saturated rings. The fourth-order valence-corrected chi connectivity index (χ4v) is 1.93. The van der Waals surface area contributed by atoms with Crippen molar-refractivity contribution in [3.05, 3.63) is 21.8 Å². The van der Waals surface area contributed by atoms with Crippen LogP contribution in [-0.2, 0) is 0 Å². The lowest BCUT2D eigenvalue weighted by molar-refractivity contribution is 0.842. The Hall–Kier alpha value is -1.78. The molecule has 0 bridgehead atoms. The second-order valence-corrected chi connectivity index (χ2v) is 3.86. The predicted octanol–water partition coefficient (Wildman–Crippen LogP) is 2.63. The highest BCUT2D eigenvalue weighted by molar-refractivity contribution is 6.30. The van der Waals surface area contributed by atoms with Crippen LogP contribution in [0.25, 0.3) is 0 Å². The first-order valence-corrected chi connectivity index (χ1v) is 5.73. The van der Waals surface area contributed by atoms with E-state index in [0.29, 0.717) is 16.9 Å². The molecule has 1 rings (SSSR count). The molecule has 1 aromatic rings. The molecule has 17 heavy (non-hydrogen) atoms. The monoisotopic (exact) mass is 248 g/mol. The second-order valence-electron chi connectivity index (χ2n) is 3.50. The molecule has 0 radical (unpaired) electrons. The Morgan fingerprint density at radius 1 is 1.18 bits per heavy atom. The molecule has 0 aromatic carbocycles. The van der Waals surface area contributed by atoms with Crippen molar-refractivity contribution < 1.29 is 0 Å². The van der Waals surface area contributed by atoms with E-state index >= 15 is 0 Å². The van der Waals surface area contributed by atoms with Crippen molar-refractivity contribution in [3.8, 4) is 12.1 Å². The van der Waals surface area contributed by atoms with E-state index in [2.05, 4.69) is 11.1 Å². The van der Waals surface area contributed by atoms with E-state index in [1.54, 1.807) is 6.92 Å². The van der Waals surface area contributed by atoms with Crippen LogP contribution in [-0.4, -0.2) is 18.1 Å². The zero-order chi connectivity index (χ0) is 13.0. The number of anilines is 1. The van der Waals surface area contributed by atoms with Crippen LogP contribution in [0.3, 0.4) is 0 Å². The van der Waals surface area contributed by atoms with Crippen LogP contribution in [0.4, 0.5) is 5.82 Å². The largest absolute Gasteiger partial charge is 0.356 e. The normalized spacial score (nSPS) is 9.53. The predicted molar refractivity (Wildman–Crippen MR) is 67.0 cm³/mol. The molecule has 0 saturated carbocycles. The van der Waals surface area contributed by atoms with Crippen LogP contribution in [0.1, 0.15) is 30.5 Å². The highest BCUT2D eigenvalue weighted by Gasteiger charge is 2.18. The highest BCUT2D eigenvalue weighted by atomic mass is 35.5. The minimum absolute atomic E-state index is 0.158. The standard InChI is InChI=1S/C12H13ClN4/c1-4-17(5-2)12-10(7-15)8(3)9(6-14)11(13)16-12/h4-5H2,1-3H3. The van der Waals surface area contributed by atoms with Crippen molar-refractivity contribution in [1.29, 1.82) is 10.5 Å². The van der Waals surface area contributed by atoms with Gasteiger partial charge < -0.3 is 4.90 Å². The van der Waals surface area contributed by atoms with Crippen molar-refractivity contribution >= 4 is 17.4 Å². The van der Waals surface area contributed by atoms with Crippen molar-refractivity contribution in [1.82, 2.24) is 4.98 Å². The Labute approximate surface area is 106 Å². The van der Waals surface area contributed by atoms with Crippen LogP contribution in [0.5, 0.6) is 0 Å². The van der Waals surface area contributed by atoms with Crippen LogP contribution < -0.4 is 4.90 Å². The number of pyridine rings is 1. The molecule has 1 aromatic heterocycles. The molecule has 0 aliphatic rings. The number of nitrogens with zero attached hydrogens (tertiary/aromatic N) is 4. The Morgan fingerprint density at radius 3 is 2.12 bits per heavy atom. The molecule has 4 nitrogen and oxygen atoms in total. The highest BCUT2D eigenvalue weighted by Crippen LogP contribution is 2.27. The molecule has 0 spiro atoms. The van der Waals surface area contributed by atoms with E-state index in [1.807, 2.05) is 24.8 Å². The lowest BCUT2D eigenvalue weighted by Crippen LogP contribution is -2.24. The number of nitriles is 2. The maximum atomic E-state index is 9.18. The minimum Gasteiger partial charge on any atom is -0.356 e. The lowest BCUT2D eigenvalue weighted by atomic mass is 10.1. The maximum absolute atomic E-state index is 9.18. The molecule has 88 valence electrons. The van der Waals surface area contributed by atoms with Crippen molar-refractivity contribution in [2.24, 2.45) is 0 Å². The van der Waals surface area contributed by atoms with Gasteiger partial charge in [-0.2, -0.15) is 10.5 Å². The van der Waals surface area contributed by atoms with Crippen LogP contribution in [0, 0.1) is 29.6 Å². The van der Waals surface area contributed by atoms with Gasteiger partial charge in [-0.1, -0.05) is 11.6 Å². The third-order valence-corrected chi connectivity index (χ3v) is 2.94. The summed E-state index contributed by atoms with van der Waals surface area (Å²) in [6, 6.07) is 4.08. The van der Waals surface area contributed by atoms with E-state index in [1.165, 1.54) is 0 Å². The first kappa shape index (κ1) is 13.3. The van der Waals surface area contributed by atoms with Crippen LogP contribution >= 0.6 is 11.6 Å². The maximum Gasteiger partial charge on any atom is 0.149 e. The molecular formula is C12H13ClN4. The summed E-state index contributed by atoms with van der Waals surface area (Å²) in [5, 5.41) is 18.3. The second kappa shape index (κ2) is 5.52. The molecule has 0 aliphatic heterocycles. The Morgan fingerprint density at radius 2 is 1.71 bits per heavy atom. The zero-order valence-electron chi connectivity index (χ0n) is 10.1. The van der Waals surface area contributed by atoms with Gasteiger partial charge >= 0.3 is 0 Å². The van der Waals surface area contributed by atoms with Crippen molar-refractivity contribution in [2.75, 3.05) is 18.0 Å². The summed E-state index contributed by atoms with van der Waals surface area (Å²) in [6.45, 7) is 7.15. The number of rotatable bonds is 3. The molecule has 0 unspecified atom stereocenters. The fourth-order valence-electron chi connectivity index (χ4n) is 1.67. The Kier molecular flexibility index (Phi) is 4.31. The average molecular weight is 249 g/mol.